The summed E-state index contributed by atoms with van der Waals surface area (Å²) in [5, 5.41) is 0.433. The Morgan fingerprint density at radius 2 is 1.71 bits per heavy atom. The molecule has 0 amide bonds. The van der Waals surface area contributed by atoms with Crippen molar-refractivity contribution >= 4 is 61.8 Å². The zero-order chi connectivity index (χ0) is 22.0. The number of aromatic amines is 1. The maximum atomic E-state index is 12.6. The third-order valence-corrected chi connectivity index (χ3v) is 6.13. The van der Waals surface area contributed by atoms with Gasteiger partial charge in [0.2, 0.25) is 5.78 Å². The summed E-state index contributed by atoms with van der Waals surface area (Å²) in [6, 6.07) is 18.1. The molecule has 0 unspecified atom stereocenters. The Balaban J connectivity index is 1.53. The van der Waals surface area contributed by atoms with Gasteiger partial charge in [-0.3, -0.25) is 9.52 Å². The zero-order valence-electron chi connectivity index (χ0n) is 15.8. The second-order valence-corrected chi connectivity index (χ2v) is 9.19. The molecular formula is C22H15Cl2N3O3S. The molecule has 1 aromatic heterocycles. The van der Waals surface area contributed by atoms with Crippen LogP contribution in [0.2, 0.25) is 10.0 Å². The van der Waals surface area contributed by atoms with Gasteiger partial charge in [0.15, 0.2) is 5.82 Å². The minimum Gasteiger partial charge on any atom is -0.335 e. The van der Waals surface area contributed by atoms with E-state index < -0.39 is 10.0 Å². The highest BCUT2D eigenvalue weighted by atomic mass is 35.5. The van der Waals surface area contributed by atoms with Gasteiger partial charge in [0, 0.05) is 15.7 Å². The van der Waals surface area contributed by atoms with Gasteiger partial charge in [0.1, 0.15) is 0 Å². The van der Waals surface area contributed by atoms with E-state index in [1.807, 2.05) is 24.3 Å². The Morgan fingerprint density at radius 1 is 0.968 bits per heavy atom. The molecular weight excluding hydrogens is 457 g/mol. The molecule has 0 saturated heterocycles. The summed E-state index contributed by atoms with van der Waals surface area (Å²) in [6.45, 7) is 0. The van der Waals surface area contributed by atoms with Gasteiger partial charge in [0.05, 0.1) is 15.9 Å². The van der Waals surface area contributed by atoms with E-state index in [4.69, 9.17) is 23.2 Å². The zero-order valence-corrected chi connectivity index (χ0v) is 18.2. The third kappa shape index (κ3) is 4.96. The standard InChI is InChI=1S/C22H15Cl2N3O3S/c23-15-11-16(24)13-18(12-15)31(29,30)27-17-5-3-4-14(10-17)8-9-21(28)22-25-19-6-1-2-7-20(19)26-22/h1-13,27H,(H,25,26)/b9-8+. The van der Waals surface area contributed by atoms with Crippen LogP contribution in [-0.4, -0.2) is 24.2 Å². The molecule has 2 N–H and O–H groups in total. The predicted molar refractivity (Wildman–Crippen MR) is 123 cm³/mol. The van der Waals surface area contributed by atoms with Gasteiger partial charge in [-0.25, -0.2) is 13.4 Å². The first kappa shape index (κ1) is 21.1. The lowest BCUT2D eigenvalue weighted by molar-refractivity contribution is 0.103. The van der Waals surface area contributed by atoms with Crippen LogP contribution in [0.25, 0.3) is 17.1 Å². The minimum atomic E-state index is -3.89. The third-order valence-electron chi connectivity index (χ3n) is 4.34. The molecule has 0 atom stereocenters. The van der Waals surface area contributed by atoms with Gasteiger partial charge in [0.25, 0.3) is 10.0 Å². The number of sulfonamides is 1. The van der Waals surface area contributed by atoms with Crippen molar-refractivity contribution in [3.8, 4) is 0 Å². The number of carbonyl (C=O) groups is 1. The van der Waals surface area contributed by atoms with Crippen LogP contribution in [0.1, 0.15) is 16.2 Å². The van der Waals surface area contributed by atoms with E-state index in [0.29, 0.717) is 16.8 Å². The SMILES string of the molecule is O=C(/C=C/c1cccc(NS(=O)(=O)c2cc(Cl)cc(Cl)c2)c1)c1nc2ccccc2[nH]1. The molecule has 0 aliphatic carbocycles. The minimum absolute atomic E-state index is 0.0500. The van der Waals surface area contributed by atoms with Crippen LogP contribution >= 0.6 is 23.2 Å². The molecule has 0 spiro atoms. The maximum absolute atomic E-state index is 12.6. The van der Waals surface area contributed by atoms with E-state index in [1.54, 1.807) is 30.3 Å². The molecule has 4 aromatic rings. The van der Waals surface area contributed by atoms with Crippen LogP contribution < -0.4 is 4.72 Å². The number of hydrogen-bond donors (Lipinski definition) is 2. The van der Waals surface area contributed by atoms with Crippen molar-refractivity contribution < 1.29 is 13.2 Å². The highest BCUT2D eigenvalue weighted by Crippen LogP contribution is 2.24. The van der Waals surface area contributed by atoms with Crippen LogP contribution in [0, 0.1) is 0 Å². The number of rotatable bonds is 6. The lowest BCUT2D eigenvalue weighted by atomic mass is 10.2. The molecule has 156 valence electrons. The van der Waals surface area contributed by atoms with E-state index in [-0.39, 0.29) is 26.5 Å². The monoisotopic (exact) mass is 471 g/mol. The number of hydrogen-bond acceptors (Lipinski definition) is 4. The Hall–Kier alpha value is -3.13. The van der Waals surface area contributed by atoms with Gasteiger partial charge in [-0.2, -0.15) is 0 Å². The van der Waals surface area contributed by atoms with Crippen molar-refractivity contribution in [2.75, 3.05) is 4.72 Å². The van der Waals surface area contributed by atoms with Gasteiger partial charge in [-0.15, -0.1) is 0 Å². The molecule has 9 heteroatoms. The summed E-state index contributed by atoms with van der Waals surface area (Å²) in [4.78, 5) is 19.6. The number of carbonyl (C=O) groups excluding carboxylic acids is 1. The molecule has 0 fully saturated rings. The summed E-state index contributed by atoms with van der Waals surface area (Å²) in [5.74, 6) is -0.0668. The topological polar surface area (TPSA) is 91.9 Å². The largest absolute Gasteiger partial charge is 0.335 e. The first-order valence-corrected chi connectivity index (χ1v) is 11.3. The van der Waals surface area contributed by atoms with Gasteiger partial charge >= 0.3 is 0 Å². The second-order valence-electron chi connectivity index (χ2n) is 6.64. The van der Waals surface area contributed by atoms with Crippen molar-refractivity contribution in [3.63, 3.8) is 0 Å². The van der Waals surface area contributed by atoms with Crippen molar-refractivity contribution in [2.45, 2.75) is 4.90 Å². The number of para-hydroxylation sites is 2. The number of anilines is 1. The average Bonchev–Trinajstić information content (AvgIpc) is 3.16. The number of allylic oxidation sites excluding steroid dienone is 1. The predicted octanol–water partition coefficient (Wildman–Crippen LogP) is 5.57. The van der Waals surface area contributed by atoms with Crippen LogP contribution in [0.4, 0.5) is 5.69 Å². The van der Waals surface area contributed by atoms with Crippen LogP contribution in [0.15, 0.2) is 77.7 Å². The summed E-state index contributed by atoms with van der Waals surface area (Å²) in [6.07, 6.45) is 2.96. The Bertz CT molecular complexity index is 1380. The molecule has 31 heavy (non-hydrogen) atoms. The fraction of sp³-hybridized carbons (Fsp3) is 0. The number of fused-ring (bicyclic) bond motifs is 1. The first-order valence-electron chi connectivity index (χ1n) is 9.06. The van der Waals surface area contributed by atoms with Crippen molar-refractivity contribution in [1.29, 1.82) is 0 Å². The fourth-order valence-electron chi connectivity index (χ4n) is 2.92. The van der Waals surface area contributed by atoms with E-state index in [9.17, 15) is 13.2 Å². The van der Waals surface area contributed by atoms with Crippen LogP contribution in [-0.2, 0) is 10.0 Å². The van der Waals surface area contributed by atoms with Crippen molar-refractivity contribution in [1.82, 2.24) is 9.97 Å². The lowest BCUT2D eigenvalue weighted by Crippen LogP contribution is -2.13. The molecule has 1 heterocycles. The number of aromatic nitrogens is 2. The number of imidazole rings is 1. The molecule has 3 aromatic carbocycles. The highest BCUT2D eigenvalue weighted by molar-refractivity contribution is 7.92. The van der Waals surface area contributed by atoms with Gasteiger partial charge in [-0.05, 0) is 54.1 Å². The quantitative estimate of drug-likeness (QED) is 0.284. The molecule has 0 bridgehead atoms. The molecule has 4 rings (SSSR count). The molecule has 0 aliphatic rings. The smallest absolute Gasteiger partial charge is 0.261 e. The Labute approximate surface area is 188 Å². The Morgan fingerprint density at radius 3 is 2.45 bits per heavy atom. The Kier molecular flexibility index (Phi) is 5.82. The molecule has 0 saturated carbocycles. The summed E-state index contributed by atoms with van der Waals surface area (Å²) < 4.78 is 27.8. The van der Waals surface area contributed by atoms with Crippen molar-refractivity contribution in [2.24, 2.45) is 0 Å². The second kappa shape index (κ2) is 8.55. The average molecular weight is 472 g/mol. The number of nitrogens with zero attached hydrogens (tertiary/aromatic N) is 1. The lowest BCUT2D eigenvalue weighted by Gasteiger charge is -2.09. The number of ketones is 1. The van der Waals surface area contributed by atoms with Crippen molar-refractivity contribution in [3.05, 3.63) is 94.2 Å². The summed E-state index contributed by atoms with van der Waals surface area (Å²) >= 11 is 11.8. The van der Waals surface area contributed by atoms with E-state index in [2.05, 4.69) is 14.7 Å². The van der Waals surface area contributed by atoms with Crippen LogP contribution in [0.3, 0.4) is 0 Å². The maximum Gasteiger partial charge on any atom is 0.261 e. The van der Waals surface area contributed by atoms with E-state index >= 15 is 0 Å². The molecule has 0 radical (unpaired) electrons. The van der Waals surface area contributed by atoms with Gasteiger partial charge in [-0.1, -0.05) is 53.5 Å². The number of H-pyrrole nitrogens is 1. The number of nitrogens with one attached hydrogen (secondary N) is 2. The van der Waals surface area contributed by atoms with E-state index in [0.717, 1.165) is 5.52 Å². The van der Waals surface area contributed by atoms with Crippen LogP contribution in [0.5, 0.6) is 0 Å². The summed E-state index contributed by atoms with van der Waals surface area (Å²) in [7, 11) is -3.89. The first-order chi connectivity index (χ1) is 14.8. The molecule has 0 aliphatic heterocycles. The number of halogens is 2. The van der Waals surface area contributed by atoms with E-state index in [1.165, 1.54) is 24.3 Å². The summed E-state index contributed by atoms with van der Waals surface area (Å²) in [5.41, 5.74) is 2.44. The van der Waals surface area contributed by atoms with Gasteiger partial charge < -0.3 is 4.98 Å². The fourth-order valence-corrected chi connectivity index (χ4v) is 4.70. The normalized spacial score (nSPS) is 11.8. The number of benzene rings is 3. The highest BCUT2D eigenvalue weighted by Gasteiger charge is 2.16. The molecule has 6 nitrogen and oxygen atoms in total.